The van der Waals surface area contributed by atoms with E-state index in [4.69, 9.17) is 4.74 Å². The molecule has 0 saturated carbocycles. The van der Waals surface area contributed by atoms with Gasteiger partial charge in [0.2, 0.25) is 5.91 Å². The van der Waals surface area contributed by atoms with Gasteiger partial charge in [-0.15, -0.1) is 0 Å². The third-order valence-electron chi connectivity index (χ3n) is 3.07. The van der Waals surface area contributed by atoms with E-state index >= 15 is 0 Å². The standard InChI is InChI=1S/C16H26N2O2/c1-20-14-13-18-16(19)10-12-17-11-6-5-9-15-7-3-2-4-8-15/h2-4,7-8,17H,5-6,9-14H2,1H3,(H,18,19). The molecular formula is C16H26N2O2. The minimum Gasteiger partial charge on any atom is -0.383 e. The van der Waals surface area contributed by atoms with E-state index in [9.17, 15) is 4.79 Å². The second-order valence-corrected chi connectivity index (χ2v) is 4.79. The van der Waals surface area contributed by atoms with Crippen molar-refractivity contribution in [1.82, 2.24) is 10.6 Å². The number of carbonyl (C=O) groups is 1. The van der Waals surface area contributed by atoms with Gasteiger partial charge in [0.1, 0.15) is 0 Å². The summed E-state index contributed by atoms with van der Waals surface area (Å²) in [7, 11) is 1.63. The molecule has 0 aliphatic rings. The number of hydrogen-bond acceptors (Lipinski definition) is 3. The van der Waals surface area contributed by atoms with Gasteiger partial charge in [0.15, 0.2) is 0 Å². The molecule has 0 aliphatic carbocycles. The summed E-state index contributed by atoms with van der Waals surface area (Å²) in [6.45, 7) is 2.87. The topological polar surface area (TPSA) is 50.4 Å². The van der Waals surface area contributed by atoms with E-state index in [1.807, 2.05) is 6.07 Å². The van der Waals surface area contributed by atoms with Crippen LogP contribution in [0.1, 0.15) is 24.8 Å². The number of ether oxygens (including phenoxy) is 1. The van der Waals surface area contributed by atoms with Gasteiger partial charge < -0.3 is 15.4 Å². The Hall–Kier alpha value is -1.39. The van der Waals surface area contributed by atoms with Crippen LogP contribution in [0.5, 0.6) is 0 Å². The van der Waals surface area contributed by atoms with E-state index in [2.05, 4.69) is 34.9 Å². The van der Waals surface area contributed by atoms with Crippen molar-refractivity contribution in [2.45, 2.75) is 25.7 Å². The van der Waals surface area contributed by atoms with Crippen molar-refractivity contribution in [3.8, 4) is 0 Å². The van der Waals surface area contributed by atoms with E-state index in [0.717, 1.165) is 25.9 Å². The zero-order chi connectivity index (χ0) is 14.5. The molecule has 0 aromatic heterocycles. The van der Waals surface area contributed by atoms with Crippen molar-refractivity contribution < 1.29 is 9.53 Å². The van der Waals surface area contributed by atoms with Gasteiger partial charge in [-0.05, 0) is 31.4 Å². The van der Waals surface area contributed by atoms with Gasteiger partial charge in [0, 0.05) is 26.6 Å². The van der Waals surface area contributed by atoms with Crippen LogP contribution in [0.25, 0.3) is 0 Å². The molecule has 1 aromatic rings. The molecule has 4 nitrogen and oxygen atoms in total. The Morgan fingerprint density at radius 3 is 2.65 bits per heavy atom. The molecule has 1 amide bonds. The average molecular weight is 278 g/mol. The first kappa shape index (κ1) is 16.7. The van der Waals surface area contributed by atoms with E-state index in [0.29, 0.717) is 19.6 Å². The highest BCUT2D eigenvalue weighted by atomic mass is 16.5. The molecule has 0 saturated heterocycles. The number of hydrogen-bond donors (Lipinski definition) is 2. The Morgan fingerprint density at radius 2 is 1.90 bits per heavy atom. The Bertz CT molecular complexity index is 355. The molecule has 1 aromatic carbocycles. The third-order valence-corrected chi connectivity index (χ3v) is 3.07. The highest BCUT2D eigenvalue weighted by Crippen LogP contribution is 2.03. The van der Waals surface area contributed by atoms with E-state index in [-0.39, 0.29) is 5.91 Å². The molecule has 2 N–H and O–H groups in total. The van der Waals surface area contributed by atoms with Crippen molar-refractivity contribution in [3.05, 3.63) is 35.9 Å². The van der Waals surface area contributed by atoms with Gasteiger partial charge in [-0.3, -0.25) is 4.79 Å². The third kappa shape index (κ3) is 8.67. The monoisotopic (exact) mass is 278 g/mol. The van der Waals surface area contributed by atoms with Crippen molar-refractivity contribution in [2.75, 3.05) is 33.4 Å². The molecule has 0 fully saturated rings. The quantitative estimate of drug-likeness (QED) is 0.606. The fourth-order valence-electron chi connectivity index (χ4n) is 1.93. The lowest BCUT2D eigenvalue weighted by molar-refractivity contribution is -0.121. The minimum absolute atomic E-state index is 0.0823. The number of unbranched alkanes of at least 4 members (excludes halogenated alkanes) is 1. The zero-order valence-corrected chi connectivity index (χ0v) is 12.4. The fourth-order valence-corrected chi connectivity index (χ4v) is 1.93. The molecule has 0 heterocycles. The minimum atomic E-state index is 0.0823. The molecule has 4 heteroatoms. The van der Waals surface area contributed by atoms with Crippen LogP contribution >= 0.6 is 0 Å². The summed E-state index contributed by atoms with van der Waals surface area (Å²) < 4.78 is 4.87. The number of nitrogens with one attached hydrogen (secondary N) is 2. The molecule has 20 heavy (non-hydrogen) atoms. The highest BCUT2D eigenvalue weighted by Gasteiger charge is 1.99. The predicted octanol–water partition coefficient (Wildman–Crippen LogP) is 1.75. The maximum absolute atomic E-state index is 11.4. The fraction of sp³-hybridized carbons (Fsp3) is 0.562. The summed E-state index contributed by atoms with van der Waals surface area (Å²) in [5.74, 6) is 0.0823. The Morgan fingerprint density at radius 1 is 1.10 bits per heavy atom. The molecule has 0 radical (unpaired) electrons. The van der Waals surface area contributed by atoms with Crippen LogP contribution in [0.4, 0.5) is 0 Å². The number of carbonyl (C=O) groups excluding carboxylic acids is 1. The predicted molar refractivity (Wildman–Crippen MR) is 81.8 cm³/mol. The molecule has 112 valence electrons. The maximum atomic E-state index is 11.4. The first-order chi connectivity index (χ1) is 9.83. The van der Waals surface area contributed by atoms with Crippen LogP contribution in [0.2, 0.25) is 0 Å². The van der Waals surface area contributed by atoms with Crippen molar-refractivity contribution >= 4 is 5.91 Å². The lowest BCUT2D eigenvalue weighted by Crippen LogP contribution is -2.30. The van der Waals surface area contributed by atoms with Gasteiger partial charge in [0.05, 0.1) is 6.61 Å². The molecular weight excluding hydrogens is 252 g/mol. The second-order valence-electron chi connectivity index (χ2n) is 4.79. The van der Waals surface area contributed by atoms with E-state index in [1.165, 1.54) is 12.0 Å². The first-order valence-electron chi connectivity index (χ1n) is 7.33. The SMILES string of the molecule is COCCNC(=O)CCNCCCCc1ccccc1. The largest absolute Gasteiger partial charge is 0.383 e. The van der Waals surface area contributed by atoms with Gasteiger partial charge >= 0.3 is 0 Å². The summed E-state index contributed by atoms with van der Waals surface area (Å²) >= 11 is 0. The molecule has 0 aliphatic heterocycles. The summed E-state index contributed by atoms with van der Waals surface area (Å²) in [5, 5.41) is 6.10. The number of methoxy groups -OCH3 is 1. The Labute approximate surface area is 121 Å². The molecule has 1 rings (SSSR count). The highest BCUT2D eigenvalue weighted by molar-refractivity contribution is 5.75. The number of amides is 1. The second kappa shape index (κ2) is 11.4. The van der Waals surface area contributed by atoms with Crippen molar-refractivity contribution in [2.24, 2.45) is 0 Å². The summed E-state index contributed by atoms with van der Waals surface area (Å²) in [5.41, 5.74) is 1.39. The maximum Gasteiger partial charge on any atom is 0.221 e. The smallest absolute Gasteiger partial charge is 0.221 e. The van der Waals surface area contributed by atoms with Crippen LogP contribution in [0.3, 0.4) is 0 Å². The van der Waals surface area contributed by atoms with Crippen LogP contribution < -0.4 is 10.6 Å². The molecule has 0 bridgehead atoms. The molecule has 0 spiro atoms. The number of rotatable bonds is 11. The Kier molecular flexibility index (Phi) is 9.53. The number of aryl methyl sites for hydroxylation is 1. The van der Waals surface area contributed by atoms with Crippen LogP contribution in [-0.4, -0.2) is 39.3 Å². The first-order valence-corrected chi connectivity index (χ1v) is 7.33. The summed E-state index contributed by atoms with van der Waals surface area (Å²) in [6.07, 6.45) is 3.97. The summed E-state index contributed by atoms with van der Waals surface area (Å²) in [4.78, 5) is 11.4. The van der Waals surface area contributed by atoms with Crippen LogP contribution in [0, 0.1) is 0 Å². The molecule has 0 unspecified atom stereocenters. The summed E-state index contributed by atoms with van der Waals surface area (Å²) in [6, 6.07) is 10.5. The number of benzene rings is 1. The Balaban J connectivity index is 1.88. The van der Waals surface area contributed by atoms with Crippen LogP contribution in [0.15, 0.2) is 30.3 Å². The lowest BCUT2D eigenvalue weighted by atomic mass is 10.1. The van der Waals surface area contributed by atoms with Crippen LogP contribution in [-0.2, 0) is 16.0 Å². The lowest BCUT2D eigenvalue weighted by Gasteiger charge is -2.06. The van der Waals surface area contributed by atoms with Gasteiger partial charge in [-0.1, -0.05) is 30.3 Å². The van der Waals surface area contributed by atoms with Gasteiger partial charge in [-0.25, -0.2) is 0 Å². The van der Waals surface area contributed by atoms with Gasteiger partial charge in [0.25, 0.3) is 0 Å². The van der Waals surface area contributed by atoms with Gasteiger partial charge in [-0.2, -0.15) is 0 Å². The zero-order valence-electron chi connectivity index (χ0n) is 12.4. The van der Waals surface area contributed by atoms with Crippen molar-refractivity contribution in [1.29, 1.82) is 0 Å². The molecule has 0 atom stereocenters. The van der Waals surface area contributed by atoms with E-state index in [1.54, 1.807) is 7.11 Å². The van der Waals surface area contributed by atoms with Crippen molar-refractivity contribution in [3.63, 3.8) is 0 Å². The average Bonchev–Trinajstić information content (AvgIpc) is 2.47. The van der Waals surface area contributed by atoms with E-state index < -0.39 is 0 Å². The normalized spacial score (nSPS) is 10.4.